The number of unbranched alkanes of at least 4 members (excludes halogenated alkanes) is 1. The number of aromatic nitrogens is 2. The van der Waals surface area contributed by atoms with Gasteiger partial charge in [0, 0.05) is 35.2 Å². The third-order valence-corrected chi connectivity index (χ3v) is 5.32. The number of nitriles is 1. The van der Waals surface area contributed by atoms with E-state index in [9.17, 15) is 4.79 Å². The molecule has 0 radical (unpaired) electrons. The van der Waals surface area contributed by atoms with Gasteiger partial charge in [0.15, 0.2) is 0 Å². The van der Waals surface area contributed by atoms with Gasteiger partial charge in [-0.2, -0.15) is 5.26 Å². The van der Waals surface area contributed by atoms with Gasteiger partial charge in [-0.3, -0.25) is 9.36 Å². The monoisotopic (exact) mass is 329 g/mol. The topological polar surface area (TPSA) is 58.7 Å². The summed E-state index contributed by atoms with van der Waals surface area (Å²) < 4.78 is 1.74. The van der Waals surface area contributed by atoms with Gasteiger partial charge < -0.3 is 0 Å². The summed E-state index contributed by atoms with van der Waals surface area (Å²) in [6.45, 7) is 2.56. The molecule has 3 rings (SSSR count). The summed E-state index contributed by atoms with van der Waals surface area (Å²) in [7, 11) is 0. The third kappa shape index (κ3) is 2.58. The maximum Gasteiger partial charge on any atom is 0.262 e. The molecule has 0 fully saturated rings. The van der Waals surface area contributed by atoms with Crippen molar-refractivity contribution in [2.24, 2.45) is 0 Å². The second-order valence-electron chi connectivity index (χ2n) is 4.91. The van der Waals surface area contributed by atoms with Crippen LogP contribution in [0.1, 0.15) is 25.6 Å². The second kappa shape index (κ2) is 6.42. The highest BCUT2D eigenvalue weighted by atomic mass is 32.1. The van der Waals surface area contributed by atoms with Crippen LogP contribution >= 0.6 is 22.7 Å². The molecule has 0 aliphatic carbocycles. The van der Waals surface area contributed by atoms with E-state index in [0.717, 1.165) is 21.1 Å². The van der Waals surface area contributed by atoms with Crippen LogP contribution in [0.2, 0.25) is 0 Å². The first kappa shape index (κ1) is 14.9. The van der Waals surface area contributed by atoms with E-state index in [2.05, 4.69) is 11.1 Å². The van der Waals surface area contributed by atoms with Crippen molar-refractivity contribution < 1.29 is 0 Å². The first-order valence-electron chi connectivity index (χ1n) is 7.18. The zero-order chi connectivity index (χ0) is 15.5. The maximum absolute atomic E-state index is 12.9. The molecule has 0 atom stereocenters. The molecule has 0 aliphatic heterocycles. The Morgan fingerprint density at radius 3 is 2.95 bits per heavy atom. The van der Waals surface area contributed by atoms with Crippen LogP contribution in [-0.4, -0.2) is 9.55 Å². The number of hydrogen-bond donors (Lipinski definition) is 0. The van der Waals surface area contributed by atoms with Crippen molar-refractivity contribution in [1.29, 1.82) is 5.26 Å². The van der Waals surface area contributed by atoms with Gasteiger partial charge in [0.2, 0.25) is 0 Å². The van der Waals surface area contributed by atoms with E-state index in [1.807, 2.05) is 29.8 Å². The molecule has 0 N–H and O–H groups in total. The molecule has 3 heterocycles. The van der Waals surface area contributed by atoms with Gasteiger partial charge in [0.25, 0.3) is 5.56 Å². The Morgan fingerprint density at radius 1 is 1.41 bits per heavy atom. The van der Waals surface area contributed by atoms with E-state index in [1.165, 1.54) is 11.3 Å². The average molecular weight is 329 g/mol. The summed E-state index contributed by atoms with van der Waals surface area (Å²) in [6.07, 6.45) is 1.84. The Bertz CT molecular complexity index is 885. The minimum Gasteiger partial charge on any atom is -0.296 e. The highest BCUT2D eigenvalue weighted by Gasteiger charge is 2.16. The number of thiophene rings is 2. The van der Waals surface area contributed by atoms with E-state index >= 15 is 0 Å². The van der Waals surface area contributed by atoms with E-state index in [1.54, 1.807) is 15.9 Å². The van der Waals surface area contributed by atoms with Gasteiger partial charge >= 0.3 is 0 Å². The van der Waals surface area contributed by atoms with Gasteiger partial charge in [-0.15, -0.1) is 22.7 Å². The van der Waals surface area contributed by atoms with Crippen molar-refractivity contribution in [3.8, 4) is 16.5 Å². The smallest absolute Gasteiger partial charge is 0.262 e. The van der Waals surface area contributed by atoms with Crippen molar-refractivity contribution in [1.82, 2.24) is 9.55 Å². The van der Waals surface area contributed by atoms with E-state index < -0.39 is 0 Å². The lowest BCUT2D eigenvalue weighted by molar-refractivity contribution is 0.594. The summed E-state index contributed by atoms with van der Waals surface area (Å²) in [5, 5.41) is 13.4. The molecule has 0 bridgehead atoms. The minimum atomic E-state index is 0.0180. The molecule has 3 aromatic rings. The fourth-order valence-electron chi connectivity index (χ4n) is 2.50. The van der Waals surface area contributed by atoms with E-state index in [4.69, 9.17) is 5.26 Å². The number of aryl methyl sites for hydroxylation is 1. The standard InChI is InChI=1S/C16H15N3OS2/c1-2-13-18-15-14(16(20)19(13)8-4-3-7-17)11(10-22-15)12-6-5-9-21-12/h5-6,9-10H,2-4,8H2,1H3. The Morgan fingerprint density at radius 2 is 2.27 bits per heavy atom. The molecule has 0 aromatic carbocycles. The van der Waals surface area contributed by atoms with E-state index in [0.29, 0.717) is 31.2 Å². The lowest BCUT2D eigenvalue weighted by Gasteiger charge is -2.10. The first-order chi connectivity index (χ1) is 10.8. The third-order valence-electron chi connectivity index (χ3n) is 3.55. The zero-order valence-corrected chi connectivity index (χ0v) is 13.8. The Kier molecular flexibility index (Phi) is 4.36. The maximum atomic E-state index is 12.9. The van der Waals surface area contributed by atoms with Crippen molar-refractivity contribution in [3.05, 3.63) is 39.1 Å². The Hall–Kier alpha value is -1.97. The Labute approximate surface area is 136 Å². The summed E-state index contributed by atoms with van der Waals surface area (Å²) in [5.41, 5.74) is 0.994. The number of fused-ring (bicyclic) bond motifs is 1. The van der Waals surface area contributed by atoms with Crippen molar-refractivity contribution in [2.75, 3.05) is 0 Å². The predicted molar refractivity (Wildman–Crippen MR) is 91.4 cm³/mol. The van der Waals surface area contributed by atoms with Crippen LogP contribution in [0.3, 0.4) is 0 Å². The van der Waals surface area contributed by atoms with Crippen LogP contribution in [0.15, 0.2) is 27.7 Å². The number of hydrogen-bond acceptors (Lipinski definition) is 5. The zero-order valence-electron chi connectivity index (χ0n) is 12.2. The van der Waals surface area contributed by atoms with Crippen LogP contribution < -0.4 is 5.56 Å². The lowest BCUT2D eigenvalue weighted by Crippen LogP contribution is -2.25. The molecule has 3 aromatic heterocycles. The number of rotatable bonds is 5. The highest BCUT2D eigenvalue weighted by Crippen LogP contribution is 2.33. The van der Waals surface area contributed by atoms with Crippen molar-refractivity contribution in [2.45, 2.75) is 32.7 Å². The molecule has 0 amide bonds. The number of nitrogens with zero attached hydrogens (tertiary/aromatic N) is 3. The van der Waals surface area contributed by atoms with Crippen molar-refractivity contribution in [3.63, 3.8) is 0 Å². The van der Waals surface area contributed by atoms with Gasteiger partial charge in [0.05, 0.1) is 11.5 Å². The van der Waals surface area contributed by atoms with Crippen LogP contribution in [0, 0.1) is 11.3 Å². The van der Waals surface area contributed by atoms with Crippen LogP contribution in [0.25, 0.3) is 20.7 Å². The van der Waals surface area contributed by atoms with Gasteiger partial charge in [-0.25, -0.2) is 4.98 Å². The predicted octanol–water partition coefficient (Wildman–Crippen LogP) is 4.05. The molecular formula is C16H15N3OS2. The molecule has 0 saturated heterocycles. The fraction of sp³-hybridized carbons (Fsp3) is 0.312. The van der Waals surface area contributed by atoms with Crippen LogP contribution in [0.5, 0.6) is 0 Å². The highest BCUT2D eigenvalue weighted by molar-refractivity contribution is 7.18. The summed E-state index contributed by atoms with van der Waals surface area (Å²) >= 11 is 3.15. The normalized spacial score (nSPS) is 10.9. The summed E-state index contributed by atoms with van der Waals surface area (Å²) in [5.74, 6) is 0.801. The molecular weight excluding hydrogens is 314 g/mol. The minimum absolute atomic E-state index is 0.0180. The SMILES string of the molecule is CCc1nc2scc(-c3cccs3)c2c(=O)n1CCCC#N. The summed E-state index contributed by atoms with van der Waals surface area (Å²) in [6, 6.07) is 6.14. The van der Waals surface area contributed by atoms with Gasteiger partial charge in [-0.05, 0) is 17.9 Å². The largest absolute Gasteiger partial charge is 0.296 e. The lowest BCUT2D eigenvalue weighted by atomic mass is 10.2. The van der Waals surface area contributed by atoms with E-state index in [-0.39, 0.29) is 5.56 Å². The quantitative estimate of drug-likeness (QED) is 0.663. The average Bonchev–Trinajstić information content (AvgIpc) is 3.17. The van der Waals surface area contributed by atoms with Crippen LogP contribution in [-0.2, 0) is 13.0 Å². The molecule has 0 saturated carbocycles. The fourth-order valence-corrected chi connectivity index (χ4v) is 4.27. The summed E-state index contributed by atoms with van der Waals surface area (Å²) in [4.78, 5) is 19.5. The van der Waals surface area contributed by atoms with Gasteiger partial charge in [-0.1, -0.05) is 13.0 Å². The molecule has 112 valence electrons. The molecule has 0 aliphatic rings. The molecule has 4 nitrogen and oxygen atoms in total. The molecule has 0 unspecified atom stereocenters. The first-order valence-corrected chi connectivity index (χ1v) is 8.94. The second-order valence-corrected chi connectivity index (χ2v) is 6.71. The molecule has 6 heteroatoms. The van der Waals surface area contributed by atoms with Crippen LogP contribution in [0.4, 0.5) is 0 Å². The van der Waals surface area contributed by atoms with Crippen molar-refractivity contribution >= 4 is 32.9 Å². The van der Waals surface area contributed by atoms with Gasteiger partial charge in [0.1, 0.15) is 10.7 Å². The molecule has 0 spiro atoms. The Balaban J connectivity index is 2.18. The molecule has 22 heavy (non-hydrogen) atoms.